The van der Waals surface area contributed by atoms with Gasteiger partial charge in [0.15, 0.2) is 0 Å². The van der Waals surface area contributed by atoms with Crippen molar-refractivity contribution in [1.29, 1.82) is 0 Å². The van der Waals surface area contributed by atoms with Gasteiger partial charge in [-0.1, -0.05) is 41.1 Å². The minimum absolute atomic E-state index is 0.133. The second-order valence-corrected chi connectivity index (χ2v) is 5.11. The lowest BCUT2D eigenvalue weighted by molar-refractivity contribution is 0.102. The number of benzene rings is 2. The van der Waals surface area contributed by atoms with E-state index in [1.54, 1.807) is 12.1 Å². The number of hydrogen-bond acceptors (Lipinski definition) is 2. The molecule has 0 aliphatic carbocycles. The Kier molecular flexibility index (Phi) is 4.22. The number of carbonyl (C=O) groups is 1. The Morgan fingerprint density at radius 3 is 2.68 bits per heavy atom. The Hall–Kier alpha value is -1.81. The summed E-state index contributed by atoms with van der Waals surface area (Å²) in [6, 6.07) is 13.0. The Morgan fingerprint density at radius 2 is 2.00 bits per heavy atom. The molecule has 0 fully saturated rings. The number of amides is 1. The maximum absolute atomic E-state index is 12.3. The molecule has 0 spiro atoms. The first-order valence-electron chi connectivity index (χ1n) is 6.06. The number of nitrogens with one attached hydrogen (secondary N) is 1. The topological polar surface area (TPSA) is 55.1 Å². The first kappa shape index (κ1) is 13.6. The molecule has 0 bridgehead atoms. The summed E-state index contributed by atoms with van der Waals surface area (Å²) >= 11 is 3.34. The molecule has 0 atom stereocenters. The highest BCUT2D eigenvalue weighted by Gasteiger charge is 2.11. The predicted octanol–water partition coefficient (Wildman–Crippen LogP) is 3.85. The lowest BCUT2D eigenvalue weighted by atomic mass is 10.0. The molecule has 19 heavy (non-hydrogen) atoms. The van der Waals surface area contributed by atoms with Gasteiger partial charge in [-0.2, -0.15) is 0 Å². The summed E-state index contributed by atoms with van der Waals surface area (Å²) in [5.74, 6) is -0.133. The number of anilines is 2. The van der Waals surface area contributed by atoms with Crippen molar-refractivity contribution in [2.45, 2.75) is 13.3 Å². The lowest BCUT2D eigenvalue weighted by Crippen LogP contribution is -2.15. The van der Waals surface area contributed by atoms with E-state index in [2.05, 4.69) is 21.2 Å². The van der Waals surface area contributed by atoms with Crippen LogP contribution >= 0.6 is 15.9 Å². The standard InChI is InChI=1S/C15H15BrN2O/c1-2-10-5-3-4-6-12(10)15(19)18-14-8-7-11(16)9-13(14)17/h3-9H,2,17H2,1H3,(H,18,19). The van der Waals surface area contributed by atoms with Gasteiger partial charge in [0.2, 0.25) is 0 Å². The largest absolute Gasteiger partial charge is 0.397 e. The fraction of sp³-hybridized carbons (Fsp3) is 0.133. The number of hydrogen-bond donors (Lipinski definition) is 2. The van der Waals surface area contributed by atoms with Gasteiger partial charge in [-0.3, -0.25) is 4.79 Å². The van der Waals surface area contributed by atoms with Gasteiger partial charge in [0.05, 0.1) is 11.4 Å². The van der Waals surface area contributed by atoms with Crippen molar-refractivity contribution in [1.82, 2.24) is 0 Å². The van der Waals surface area contributed by atoms with Crippen molar-refractivity contribution in [3.8, 4) is 0 Å². The first-order chi connectivity index (χ1) is 9.11. The van der Waals surface area contributed by atoms with Crippen molar-refractivity contribution in [3.63, 3.8) is 0 Å². The molecule has 1 amide bonds. The van der Waals surface area contributed by atoms with Gasteiger partial charge in [-0.25, -0.2) is 0 Å². The van der Waals surface area contributed by atoms with Crippen LogP contribution in [0.4, 0.5) is 11.4 Å². The van der Waals surface area contributed by atoms with Crippen molar-refractivity contribution in [2.24, 2.45) is 0 Å². The zero-order valence-electron chi connectivity index (χ0n) is 10.6. The number of carbonyl (C=O) groups excluding carboxylic acids is 1. The summed E-state index contributed by atoms with van der Waals surface area (Å²) in [4.78, 5) is 12.3. The van der Waals surface area contributed by atoms with Gasteiger partial charge < -0.3 is 11.1 Å². The minimum Gasteiger partial charge on any atom is -0.397 e. The summed E-state index contributed by atoms with van der Waals surface area (Å²) in [5.41, 5.74) is 8.75. The van der Waals surface area contributed by atoms with E-state index in [-0.39, 0.29) is 5.91 Å². The van der Waals surface area contributed by atoms with Crippen molar-refractivity contribution in [3.05, 3.63) is 58.1 Å². The van der Waals surface area contributed by atoms with Crippen molar-refractivity contribution < 1.29 is 4.79 Å². The molecule has 0 saturated heterocycles. The zero-order valence-corrected chi connectivity index (χ0v) is 12.2. The van der Waals surface area contributed by atoms with Crippen LogP contribution in [0.5, 0.6) is 0 Å². The highest BCUT2D eigenvalue weighted by molar-refractivity contribution is 9.10. The second-order valence-electron chi connectivity index (χ2n) is 4.20. The van der Waals surface area contributed by atoms with E-state index in [1.165, 1.54) is 0 Å². The molecule has 4 heteroatoms. The Morgan fingerprint density at radius 1 is 1.26 bits per heavy atom. The third-order valence-corrected chi connectivity index (χ3v) is 3.40. The fourth-order valence-corrected chi connectivity index (χ4v) is 2.27. The van der Waals surface area contributed by atoms with E-state index in [0.29, 0.717) is 16.9 Å². The molecular formula is C15H15BrN2O. The molecule has 0 unspecified atom stereocenters. The summed E-state index contributed by atoms with van der Waals surface area (Å²) in [6.45, 7) is 2.03. The molecule has 0 aromatic heterocycles. The maximum Gasteiger partial charge on any atom is 0.255 e. The van der Waals surface area contributed by atoms with E-state index in [1.807, 2.05) is 37.3 Å². The average Bonchev–Trinajstić information content (AvgIpc) is 2.41. The molecule has 98 valence electrons. The van der Waals surface area contributed by atoms with Crippen LogP contribution in [-0.2, 0) is 6.42 Å². The molecule has 2 rings (SSSR count). The van der Waals surface area contributed by atoms with Gasteiger partial charge in [0, 0.05) is 10.0 Å². The number of aryl methyl sites for hydroxylation is 1. The third kappa shape index (κ3) is 3.15. The number of rotatable bonds is 3. The van der Waals surface area contributed by atoms with E-state index in [4.69, 9.17) is 5.73 Å². The lowest BCUT2D eigenvalue weighted by Gasteiger charge is -2.11. The van der Waals surface area contributed by atoms with E-state index in [9.17, 15) is 4.79 Å². The van der Waals surface area contributed by atoms with Crippen LogP contribution in [-0.4, -0.2) is 5.91 Å². The summed E-state index contributed by atoms with van der Waals surface area (Å²) in [7, 11) is 0. The Balaban J connectivity index is 2.26. The van der Waals surface area contributed by atoms with Crippen LogP contribution in [0, 0.1) is 0 Å². The van der Waals surface area contributed by atoms with Gasteiger partial charge in [0.1, 0.15) is 0 Å². The van der Waals surface area contributed by atoms with E-state index < -0.39 is 0 Å². The van der Waals surface area contributed by atoms with Gasteiger partial charge in [-0.15, -0.1) is 0 Å². The highest BCUT2D eigenvalue weighted by Crippen LogP contribution is 2.24. The fourth-order valence-electron chi connectivity index (χ4n) is 1.89. The molecule has 0 aliphatic heterocycles. The minimum atomic E-state index is -0.133. The van der Waals surface area contributed by atoms with Gasteiger partial charge in [-0.05, 0) is 36.2 Å². The summed E-state index contributed by atoms with van der Waals surface area (Å²) in [5, 5.41) is 2.84. The maximum atomic E-state index is 12.3. The van der Waals surface area contributed by atoms with Crippen LogP contribution < -0.4 is 11.1 Å². The van der Waals surface area contributed by atoms with E-state index in [0.717, 1.165) is 16.5 Å². The highest BCUT2D eigenvalue weighted by atomic mass is 79.9. The van der Waals surface area contributed by atoms with Crippen LogP contribution in [0.2, 0.25) is 0 Å². The molecule has 0 heterocycles. The zero-order chi connectivity index (χ0) is 13.8. The Bertz CT molecular complexity index is 611. The number of halogens is 1. The van der Waals surface area contributed by atoms with Crippen LogP contribution in [0.25, 0.3) is 0 Å². The third-order valence-electron chi connectivity index (χ3n) is 2.90. The predicted molar refractivity (Wildman–Crippen MR) is 82.3 cm³/mol. The molecule has 0 saturated carbocycles. The average molecular weight is 319 g/mol. The molecule has 0 radical (unpaired) electrons. The molecule has 3 nitrogen and oxygen atoms in total. The van der Waals surface area contributed by atoms with Gasteiger partial charge >= 0.3 is 0 Å². The second kappa shape index (κ2) is 5.89. The SMILES string of the molecule is CCc1ccccc1C(=O)Nc1ccc(Br)cc1N. The van der Waals surface area contributed by atoms with Gasteiger partial charge in [0.25, 0.3) is 5.91 Å². The Labute approximate surface area is 121 Å². The monoisotopic (exact) mass is 318 g/mol. The smallest absolute Gasteiger partial charge is 0.255 e. The van der Waals surface area contributed by atoms with Crippen LogP contribution in [0.1, 0.15) is 22.8 Å². The number of nitrogens with two attached hydrogens (primary N) is 1. The first-order valence-corrected chi connectivity index (χ1v) is 6.85. The number of nitrogen functional groups attached to an aromatic ring is 1. The van der Waals surface area contributed by atoms with Crippen LogP contribution in [0.15, 0.2) is 46.9 Å². The molecule has 3 N–H and O–H groups in total. The van der Waals surface area contributed by atoms with Crippen molar-refractivity contribution >= 4 is 33.2 Å². The summed E-state index contributed by atoms with van der Waals surface area (Å²) in [6.07, 6.45) is 0.819. The molecule has 0 aliphatic rings. The quantitative estimate of drug-likeness (QED) is 0.845. The van der Waals surface area contributed by atoms with Crippen molar-refractivity contribution in [2.75, 3.05) is 11.1 Å². The normalized spacial score (nSPS) is 10.2. The molecule has 2 aromatic rings. The molecule has 2 aromatic carbocycles. The van der Waals surface area contributed by atoms with Crippen LogP contribution in [0.3, 0.4) is 0 Å². The summed E-state index contributed by atoms with van der Waals surface area (Å²) < 4.78 is 0.886. The molecular weight excluding hydrogens is 304 g/mol. The van der Waals surface area contributed by atoms with E-state index >= 15 is 0 Å².